The molecule has 0 aliphatic rings. The maximum Gasteiger partial charge on any atom is 0.337 e. The summed E-state index contributed by atoms with van der Waals surface area (Å²) >= 11 is 0. The second kappa shape index (κ2) is 14.1. The summed E-state index contributed by atoms with van der Waals surface area (Å²) in [6.45, 7) is 0. The third kappa shape index (κ3) is 7.76. The van der Waals surface area contributed by atoms with Crippen molar-refractivity contribution in [2.24, 2.45) is 30.4 Å². The van der Waals surface area contributed by atoms with Crippen molar-refractivity contribution < 1.29 is 30.0 Å². The fourth-order valence-electron chi connectivity index (χ4n) is 4.04. The molecule has 0 fully saturated rings. The summed E-state index contributed by atoms with van der Waals surface area (Å²) in [6, 6.07) is 28.5. The lowest BCUT2D eigenvalue weighted by atomic mass is 10.1. The summed E-state index contributed by atoms with van der Waals surface area (Å²) in [5, 5.41) is 56.0. The Hall–Kier alpha value is -6.82. The van der Waals surface area contributed by atoms with Crippen LogP contribution in [0.3, 0.4) is 0 Å². The van der Waals surface area contributed by atoms with Gasteiger partial charge in [0.2, 0.25) is 0 Å². The summed E-state index contributed by atoms with van der Waals surface area (Å²) in [7, 11) is 0. The topological polar surface area (TPSA) is 189 Å². The van der Waals surface area contributed by atoms with Crippen molar-refractivity contribution in [3.05, 3.63) is 131 Å². The van der Waals surface area contributed by atoms with Crippen LogP contribution in [0.5, 0.6) is 11.5 Å². The number of nitrogens with zero attached hydrogens (tertiary/aromatic N) is 6. The Bertz CT molecular complexity index is 1890. The van der Waals surface area contributed by atoms with Crippen LogP contribution < -0.4 is 0 Å². The zero-order valence-corrected chi connectivity index (χ0v) is 23.8. The Morgan fingerprint density at radius 2 is 0.826 bits per heavy atom. The lowest BCUT2D eigenvalue weighted by Gasteiger charge is -2.02. The van der Waals surface area contributed by atoms with E-state index >= 15 is 0 Å². The minimum Gasteiger partial charge on any atom is -0.507 e. The van der Waals surface area contributed by atoms with Gasteiger partial charge < -0.3 is 20.4 Å². The van der Waals surface area contributed by atoms with Crippen LogP contribution in [0.15, 0.2) is 140 Å². The quantitative estimate of drug-likeness (QED) is 0.0899. The van der Waals surface area contributed by atoms with E-state index in [1.807, 2.05) is 0 Å². The molecule has 0 bridgehead atoms. The average molecular weight is 613 g/mol. The molecule has 12 nitrogen and oxygen atoms in total. The molecule has 0 heterocycles. The van der Waals surface area contributed by atoms with Crippen LogP contribution in [0.25, 0.3) is 0 Å². The van der Waals surface area contributed by atoms with Gasteiger partial charge in [0.25, 0.3) is 0 Å². The Morgan fingerprint density at radius 3 is 1.22 bits per heavy atom. The van der Waals surface area contributed by atoms with Gasteiger partial charge in [-0.05, 0) is 84.9 Å². The van der Waals surface area contributed by atoms with Gasteiger partial charge in [-0.25, -0.2) is 9.59 Å². The van der Waals surface area contributed by atoms with Crippen molar-refractivity contribution in [2.75, 3.05) is 0 Å². The first-order valence-corrected chi connectivity index (χ1v) is 13.6. The molecule has 12 heteroatoms. The maximum absolute atomic E-state index is 11.4. The van der Waals surface area contributed by atoms with Crippen LogP contribution in [0.1, 0.15) is 31.8 Å². The number of phenols is 2. The van der Waals surface area contributed by atoms with Crippen molar-refractivity contribution in [3.63, 3.8) is 0 Å². The third-order valence-corrected chi connectivity index (χ3v) is 6.39. The maximum atomic E-state index is 11.4. The second-order valence-electron chi connectivity index (χ2n) is 9.56. The number of azo groups is 2. The standard InChI is InChI=1S/C34H24N6O6/c41-31-15-13-25(17-21(31)19-35-29-7-3-1-5-27(29)33(43)44)39-37-23-9-11-24(12-10-23)38-40-26-14-16-32(42)22(18-26)20-36-30-8-4-2-6-28(30)34(45)46/h1-20,41-42H,(H,43,44)(H,45,46). The van der Waals surface area contributed by atoms with E-state index < -0.39 is 11.9 Å². The van der Waals surface area contributed by atoms with Crippen LogP contribution in [0, 0.1) is 0 Å². The van der Waals surface area contributed by atoms with E-state index in [9.17, 15) is 30.0 Å². The number of aliphatic imine (C=N–C) groups is 2. The first-order valence-electron chi connectivity index (χ1n) is 13.6. The van der Waals surface area contributed by atoms with E-state index in [-0.39, 0.29) is 34.0 Å². The molecule has 226 valence electrons. The van der Waals surface area contributed by atoms with E-state index in [4.69, 9.17) is 0 Å². The van der Waals surface area contributed by atoms with E-state index in [1.165, 1.54) is 36.7 Å². The molecule has 0 saturated heterocycles. The minimum atomic E-state index is -1.11. The largest absolute Gasteiger partial charge is 0.507 e. The number of carboxylic acids is 2. The number of hydrogen-bond donors (Lipinski definition) is 4. The fraction of sp³-hybridized carbons (Fsp3) is 0. The highest BCUT2D eigenvalue weighted by atomic mass is 16.4. The second-order valence-corrected chi connectivity index (χ2v) is 9.56. The van der Waals surface area contributed by atoms with Gasteiger partial charge in [-0.2, -0.15) is 20.5 Å². The molecule has 0 aromatic heterocycles. The molecular formula is C34H24N6O6. The highest BCUT2D eigenvalue weighted by molar-refractivity contribution is 5.96. The number of carboxylic acid groups (broad SMARTS) is 2. The summed E-state index contributed by atoms with van der Waals surface area (Å²) in [5.41, 5.74) is 3.17. The van der Waals surface area contributed by atoms with Crippen molar-refractivity contribution in [2.45, 2.75) is 0 Å². The zero-order chi connectivity index (χ0) is 32.5. The number of phenolic OH excluding ortho intramolecular Hbond substituents is 2. The molecule has 0 aliphatic carbocycles. The van der Waals surface area contributed by atoms with E-state index in [2.05, 4.69) is 30.4 Å². The lowest BCUT2D eigenvalue weighted by molar-refractivity contribution is 0.0687. The van der Waals surface area contributed by atoms with E-state index in [0.29, 0.717) is 33.9 Å². The van der Waals surface area contributed by atoms with Crippen LogP contribution in [0.2, 0.25) is 0 Å². The third-order valence-electron chi connectivity index (χ3n) is 6.39. The van der Waals surface area contributed by atoms with Gasteiger partial charge in [0, 0.05) is 23.6 Å². The first-order chi connectivity index (χ1) is 22.3. The molecule has 0 saturated carbocycles. The Balaban J connectivity index is 1.26. The van der Waals surface area contributed by atoms with Crippen molar-refractivity contribution in [1.82, 2.24) is 0 Å². The summed E-state index contributed by atoms with van der Waals surface area (Å²) in [6.07, 6.45) is 2.72. The first kappa shape index (κ1) is 30.6. The molecule has 0 spiro atoms. The molecule has 4 N–H and O–H groups in total. The molecule has 46 heavy (non-hydrogen) atoms. The Labute approximate surface area is 261 Å². The van der Waals surface area contributed by atoms with Crippen LogP contribution in [0.4, 0.5) is 34.1 Å². The lowest BCUT2D eigenvalue weighted by Crippen LogP contribution is -1.96. The van der Waals surface area contributed by atoms with E-state index in [0.717, 1.165) is 0 Å². The summed E-state index contributed by atoms with van der Waals surface area (Å²) in [4.78, 5) is 31.3. The predicted octanol–water partition coefficient (Wildman–Crippen LogP) is 8.83. The molecule has 0 radical (unpaired) electrons. The molecule has 0 amide bonds. The van der Waals surface area contributed by atoms with Gasteiger partial charge in [0.05, 0.1) is 45.3 Å². The number of aromatic hydroxyl groups is 2. The molecule has 5 rings (SSSR count). The number of hydrogen-bond acceptors (Lipinski definition) is 10. The Morgan fingerprint density at radius 1 is 0.478 bits per heavy atom. The van der Waals surface area contributed by atoms with Crippen LogP contribution in [-0.2, 0) is 0 Å². The summed E-state index contributed by atoms with van der Waals surface area (Å²) < 4.78 is 0. The number of benzene rings is 5. The molecular weight excluding hydrogens is 588 g/mol. The van der Waals surface area contributed by atoms with Gasteiger partial charge >= 0.3 is 11.9 Å². The monoisotopic (exact) mass is 612 g/mol. The summed E-state index contributed by atoms with van der Waals surface area (Å²) in [5.74, 6) is -2.32. The number of para-hydroxylation sites is 2. The number of carbonyl (C=O) groups is 2. The van der Waals surface area contributed by atoms with E-state index in [1.54, 1.807) is 84.9 Å². The van der Waals surface area contributed by atoms with Crippen molar-refractivity contribution in [3.8, 4) is 11.5 Å². The minimum absolute atomic E-state index is 0.0378. The van der Waals surface area contributed by atoms with Crippen molar-refractivity contribution >= 4 is 58.5 Å². The SMILES string of the molecule is O=C(O)c1ccccc1N=Cc1cc(N=Nc2ccc(N=Nc3ccc(O)c(C=Nc4ccccc4C(=O)O)c3)cc2)ccc1O. The smallest absolute Gasteiger partial charge is 0.337 e. The number of rotatable bonds is 10. The molecule has 5 aromatic rings. The normalized spacial score (nSPS) is 11.7. The predicted molar refractivity (Wildman–Crippen MR) is 172 cm³/mol. The molecule has 5 aromatic carbocycles. The Kier molecular flexibility index (Phi) is 9.39. The molecule has 0 aliphatic heterocycles. The molecule has 0 unspecified atom stereocenters. The number of aromatic carboxylic acids is 2. The van der Waals surface area contributed by atoms with Crippen molar-refractivity contribution in [1.29, 1.82) is 0 Å². The van der Waals surface area contributed by atoms with Crippen LogP contribution in [-0.4, -0.2) is 44.8 Å². The van der Waals surface area contributed by atoms with Gasteiger partial charge in [-0.15, -0.1) is 0 Å². The van der Waals surface area contributed by atoms with Crippen LogP contribution >= 0.6 is 0 Å². The zero-order valence-electron chi connectivity index (χ0n) is 23.8. The molecule has 0 atom stereocenters. The highest BCUT2D eigenvalue weighted by Gasteiger charge is 2.09. The van der Waals surface area contributed by atoms with Gasteiger partial charge in [-0.3, -0.25) is 9.98 Å². The fourth-order valence-corrected chi connectivity index (χ4v) is 4.04. The van der Waals surface area contributed by atoms with Gasteiger partial charge in [-0.1, -0.05) is 24.3 Å². The average Bonchev–Trinajstić information content (AvgIpc) is 3.07. The van der Waals surface area contributed by atoms with Gasteiger partial charge in [0.15, 0.2) is 0 Å². The van der Waals surface area contributed by atoms with Gasteiger partial charge in [0.1, 0.15) is 11.5 Å². The highest BCUT2D eigenvalue weighted by Crippen LogP contribution is 2.28.